The van der Waals surface area contributed by atoms with Crippen LogP contribution in [0.5, 0.6) is 0 Å². The van der Waals surface area contributed by atoms with Gasteiger partial charge in [-0.2, -0.15) is 0 Å². The summed E-state index contributed by atoms with van der Waals surface area (Å²) in [7, 11) is 1.75. The lowest BCUT2D eigenvalue weighted by molar-refractivity contribution is 0.146. The van der Waals surface area contributed by atoms with Crippen molar-refractivity contribution in [3.05, 3.63) is 0 Å². The lowest BCUT2D eigenvalue weighted by atomic mass is 10.0. The minimum absolute atomic E-state index is 0. The topological polar surface area (TPSA) is 74.8 Å². The largest absolute Gasteiger partial charge is 0.450 e. The van der Waals surface area contributed by atoms with Crippen LogP contribution in [-0.4, -0.2) is 44.8 Å². The number of hydrogen-bond acceptors (Lipinski definition) is 3. The van der Waals surface area contributed by atoms with Crippen molar-refractivity contribution < 1.29 is 9.53 Å². The number of nitrogens with one attached hydrogen (secondary N) is 3. The van der Waals surface area contributed by atoms with Crippen molar-refractivity contribution in [1.82, 2.24) is 16.0 Å². The quantitative estimate of drug-likeness (QED) is 0.292. The molecule has 0 aromatic heterocycles. The number of nitrogens with zero attached hydrogens (tertiary/aromatic N) is 1. The molecule has 0 heterocycles. The van der Waals surface area contributed by atoms with Crippen LogP contribution in [0.2, 0.25) is 0 Å². The van der Waals surface area contributed by atoms with Crippen molar-refractivity contribution in [2.24, 2.45) is 16.8 Å². The molecule has 138 valence electrons. The molecule has 7 heteroatoms. The van der Waals surface area contributed by atoms with Crippen molar-refractivity contribution in [3.63, 3.8) is 0 Å². The fraction of sp³-hybridized carbons (Fsp3) is 0.875. The molecule has 23 heavy (non-hydrogen) atoms. The summed E-state index contributed by atoms with van der Waals surface area (Å²) in [6.07, 6.45) is 1.61. The standard InChI is InChI=1S/C16H34N4O2.HI/c1-7-22-16(21)20-14(10-13(4)5)11-19-15(17-6)18-9-8-12(2)3;/h12-14H,7-11H2,1-6H3,(H,20,21)(H2,17,18,19);1H. The van der Waals surface area contributed by atoms with Gasteiger partial charge in [-0.3, -0.25) is 4.99 Å². The number of ether oxygens (including phenoxy) is 1. The molecule has 0 aromatic carbocycles. The van der Waals surface area contributed by atoms with E-state index < -0.39 is 0 Å². The number of rotatable bonds is 9. The molecule has 0 fully saturated rings. The number of guanidine groups is 1. The maximum absolute atomic E-state index is 11.6. The minimum Gasteiger partial charge on any atom is -0.450 e. The summed E-state index contributed by atoms with van der Waals surface area (Å²) in [5, 5.41) is 9.44. The monoisotopic (exact) mass is 442 g/mol. The Hall–Kier alpha value is -0.730. The second kappa shape index (κ2) is 14.8. The summed E-state index contributed by atoms with van der Waals surface area (Å²) in [6.45, 7) is 12.3. The van der Waals surface area contributed by atoms with Crippen LogP contribution in [0, 0.1) is 11.8 Å². The van der Waals surface area contributed by atoms with Crippen molar-refractivity contribution in [1.29, 1.82) is 0 Å². The maximum atomic E-state index is 11.6. The molecule has 1 unspecified atom stereocenters. The van der Waals surface area contributed by atoms with E-state index in [1.54, 1.807) is 14.0 Å². The Kier molecular flexibility index (Phi) is 15.8. The summed E-state index contributed by atoms with van der Waals surface area (Å²) in [5.41, 5.74) is 0. The summed E-state index contributed by atoms with van der Waals surface area (Å²) < 4.78 is 4.95. The second-order valence-electron chi connectivity index (χ2n) is 6.25. The van der Waals surface area contributed by atoms with E-state index in [0.717, 1.165) is 25.3 Å². The Morgan fingerprint density at radius 2 is 1.78 bits per heavy atom. The van der Waals surface area contributed by atoms with Gasteiger partial charge in [-0.15, -0.1) is 24.0 Å². The van der Waals surface area contributed by atoms with Crippen molar-refractivity contribution in [2.75, 3.05) is 26.7 Å². The van der Waals surface area contributed by atoms with Gasteiger partial charge in [-0.25, -0.2) is 4.79 Å². The molecule has 1 atom stereocenters. The molecule has 0 spiro atoms. The van der Waals surface area contributed by atoms with Crippen LogP contribution >= 0.6 is 24.0 Å². The van der Waals surface area contributed by atoms with Gasteiger partial charge < -0.3 is 20.7 Å². The zero-order valence-corrected chi connectivity index (χ0v) is 17.8. The number of carbonyl (C=O) groups is 1. The van der Waals surface area contributed by atoms with Crippen molar-refractivity contribution in [2.45, 2.75) is 53.5 Å². The molecular weight excluding hydrogens is 407 g/mol. The van der Waals surface area contributed by atoms with E-state index in [0.29, 0.717) is 25.0 Å². The number of amides is 1. The average Bonchev–Trinajstić information content (AvgIpc) is 2.41. The Bertz CT molecular complexity index is 336. The van der Waals surface area contributed by atoms with Crippen LogP contribution < -0.4 is 16.0 Å². The first-order valence-corrected chi connectivity index (χ1v) is 8.26. The smallest absolute Gasteiger partial charge is 0.407 e. The molecule has 0 radical (unpaired) electrons. The van der Waals surface area contributed by atoms with Gasteiger partial charge in [-0.05, 0) is 31.6 Å². The molecule has 0 saturated carbocycles. The lowest BCUT2D eigenvalue weighted by Crippen LogP contribution is -2.47. The van der Waals surface area contributed by atoms with Gasteiger partial charge in [0.1, 0.15) is 0 Å². The third-order valence-electron chi connectivity index (χ3n) is 3.11. The Morgan fingerprint density at radius 3 is 2.26 bits per heavy atom. The van der Waals surface area contributed by atoms with Gasteiger partial charge in [-0.1, -0.05) is 27.7 Å². The molecule has 0 aromatic rings. The number of hydrogen-bond donors (Lipinski definition) is 3. The Balaban J connectivity index is 0. The summed E-state index contributed by atoms with van der Waals surface area (Å²) >= 11 is 0. The fourth-order valence-electron chi connectivity index (χ4n) is 2.02. The second-order valence-corrected chi connectivity index (χ2v) is 6.25. The van der Waals surface area contributed by atoms with Gasteiger partial charge in [0.15, 0.2) is 5.96 Å². The highest BCUT2D eigenvalue weighted by Gasteiger charge is 2.15. The molecule has 3 N–H and O–H groups in total. The van der Waals surface area contributed by atoms with E-state index in [1.807, 2.05) is 0 Å². The number of alkyl carbamates (subject to hydrolysis) is 1. The molecule has 0 rings (SSSR count). The molecule has 0 bridgehead atoms. The van der Waals surface area contributed by atoms with Gasteiger partial charge in [0.05, 0.1) is 6.61 Å². The van der Waals surface area contributed by atoms with E-state index in [9.17, 15) is 4.79 Å². The predicted molar refractivity (Wildman–Crippen MR) is 108 cm³/mol. The third-order valence-corrected chi connectivity index (χ3v) is 3.11. The highest BCUT2D eigenvalue weighted by molar-refractivity contribution is 14.0. The van der Waals surface area contributed by atoms with Crippen LogP contribution in [0.15, 0.2) is 4.99 Å². The third kappa shape index (κ3) is 14.6. The Labute approximate surface area is 158 Å². The first-order chi connectivity index (χ1) is 10.4. The minimum atomic E-state index is -0.363. The molecule has 0 aliphatic rings. The first kappa shape index (κ1) is 24.5. The number of carbonyl (C=O) groups excluding carboxylic acids is 1. The molecule has 0 saturated heterocycles. The van der Waals surface area contributed by atoms with Crippen LogP contribution in [0.4, 0.5) is 4.79 Å². The van der Waals surface area contributed by atoms with Gasteiger partial charge >= 0.3 is 6.09 Å². The van der Waals surface area contributed by atoms with Gasteiger partial charge in [0.25, 0.3) is 0 Å². The molecule has 0 aliphatic heterocycles. The van der Waals surface area contributed by atoms with Crippen molar-refractivity contribution >= 4 is 36.0 Å². The van der Waals surface area contributed by atoms with E-state index in [4.69, 9.17) is 4.74 Å². The van der Waals surface area contributed by atoms with Gasteiger partial charge in [0.2, 0.25) is 0 Å². The summed E-state index contributed by atoms with van der Waals surface area (Å²) in [6, 6.07) is 0.0164. The fourth-order valence-corrected chi connectivity index (χ4v) is 2.02. The predicted octanol–water partition coefficient (Wildman–Crippen LogP) is 2.98. The van der Waals surface area contributed by atoms with Crippen LogP contribution in [-0.2, 0) is 4.74 Å². The molecule has 0 aliphatic carbocycles. The van der Waals surface area contributed by atoms with E-state index in [1.165, 1.54) is 0 Å². The first-order valence-electron chi connectivity index (χ1n) is 8.26. The SMILES string of the molecule is CCOC(=O)NC(CNC(=NC)NCCC(C)C)CC(C)C.I. The lowest BCUT2D eigenvalue weighted by Gasteiger charge is -2.22. The summed E-state index contributed by atoms with van der Waals surface area (Å²) in [5.74, 6) is 1.91. The van der Waals surface area contributed by atoms with Gasteiger partial charge in [0, 0.05) is 26.2 Å². The average molecular weight is 442 g/mol. The van der Waals surface area contributed by atoms with E-state index >= 15 is 0 Å². The Morgan fingerprint density at radius 1 is 1.13 bits per heavy atom. The van der Waals surface area contributed by atoms with E-state index in [-0.39, 0.29) is 36.1 Å². The normalized spacial score (nSPS) is 12.6. The van der Waals surface area contributed by atoms with Crippen molar-refractivity contribution in [3.8, 4) is 0 Å². The zero-order valence-electron chi connectivity index (χ0n) is 15.4. The highest BCUT2D eigenvalue weighted by Crippen LogP contribution is 2.04. The van der Waals surface area contributed by atoms with Crippen LogP contribution in [0.3, 0.4) is 0 Å². The number of halogens is 1. The number of aliphatic imine (C=N–C) groups is 1. The highest BCUT2D eigenvalue weighted by atomic mass is 127. The summed E-state index contributed by atoms with van der Waals surface area (Å²) in [4.78, 5) is 15.8. The molecule has 1 amide bonds. The molecular formula is C16H35IN4O2. The van der Waals surface area contributed by atoms with Crippen LogP contribution in [0.1, 0.15) is 47.5 Å². The zero-order chi connectivity index (χ0) is 17.0. The molecule has 6 nitrogen and oxygen atoms in total. The van der Waals surface area contributed by atoms with Crippen LogP contribution in [0.25, 0.3) is 0 Å². The maximum Gasteiger partial charge on any atom is 0.407 e. The van der Waals surface area contributed by atoms with E-state index in [2.05, 4.69) is 48.6 Å².